The van der Waals surface area contributed by atoms with E-state index >= 15 is 0 Å². The Hall–Kier alpha value is -3.31. The fourth-order valence-corrected chi connectivity index (χ4v) is 4.84. The van der Waals surface area contributed by atoms with Gasteiger partial charge in [0.05, 0.1) is 42.1 Å². The van der Waals surface area contributed by atoms with Crippen molar-refractivity contribution < 1.29 is 13.2 Å². The predicted molar refractivity (Wildman–Crippen MR) is 110 cm³/mol. The number of hydrogen-bond donors (Lipinski definition) is 1. The lowest BCUT2D eigenvalue weighted by atomic mass is 10.1. The average molecular weight is 410 g/mol. The molecule has 0 spiro atoms. The second-order valence-electron chi connectivity index (χ2n) is 6.82. The number of aryl methyl sites for hydroxylation is 1. The summed E-state index contributed by atoms with van der Waals surface area (Å²) in [7, 11) is -2.23. The van der Waals surface area contributed by atoms with Crippen LogP contribution in [0.2, 0.25) is 0 Å². The quantitative estimate of drug-likeness (QED) is 0.670. The summed E-state index contributed by atoms with van der Waals surface area (Å²) < 4.78 is 35.6. The largest absolute Gasteiger partial charge is 0.496 e. The maximum atomic E-state index is 13.0. The van der Waals surface area contributed by atoms with E-state index in [0.29, 0.717) is 34.7 Å². The van der Waals surface area contributed by atoms with Gasteiger partial charge in [-0.25, -0.2) is 8.42 Å². The van der Waals surface area contributed by atoms with Gasteiger partial charge in [-0.15, -0.1) is 0 Å². The van der Waals surface area contributed by atoms with E-state index in [0.717, 1.165) is 11.1 Å². The Balaban J connectivity index is 1.85. The van der Waals surface area contributed by atoms with Gasteiger partial charge in [-0.3, -0.25) is 9.40 Å². The van der Waals surface area contributed by atoms with Crippen LogP contribution in [-0.2, 0) is 16.6 Å². The molecule has 8 heteroatoms. The maximum Gasteiger partial charge on any atom is 0.262 e. The highest BCUT2D eigenvalue weighted by Gasteiger charge is 2.23. The van der Waals surface area contributed by atoms with Crippen LogP contribution in [0.15, 0.2) is 47.6 Å². The van der Waals surface area contributed by atoms with Crippen LogP contribution in [0.5, 0.6) is 5.75 Å². The first-order valence-electron chi connectivity index (χ1n) is 8.94. The van der Waals surface area contributed by atoms with Crippen molar-refractivity contribution in [3.8, 4) is 11.8 Å². The van der Waals surface area contributed by atoms with Crippen molar-refractivity contribution in [2.45, 2.75) is 32.2 Å². The molecule has 0 atom stereocenters. The lowest BCUT2D eigenvalue weighted by molar-refractivity contribution is 0.410. The van der Waals surface area contributed by atoms with E-state index in [1.54, 1.807) is 56.1 Å². The van der Waals surface area contributed by atoms with Gasteiger partial charge >= 0.3 is 0 Å². The summed E-state index contributed by atoms with van der Waals surface area (Å²) in [4.78, 5) is 0.241. The first-order chi connectivity index (χ1) is 13.7. The third-order valence-corrected chi connectivity index (χ3v) is 6.42. The summed E-state index contributed by atoms with van der Waals surface area (Å²) in [5.74, 6) is 0.659. The molecule has 1 aromatic heterocycles. The van der Waals surface area contributed by atoms with E-state index in [1.165, 1.54) is 6.20 Å². The molecule has 150 valence electrons. The number of nitriles is 1. The van der Waals surface area contributed by atoms with Crippen molar-refractivity contribution in [1.29, 1.82) is 5.26 Å². The zero-order valence-electron chi connectivity index (χ0n) is 16.7. The molecule has 29 heavy (non-hydrogen) atoms. The predicted octanol–water partition coefficient (Wildman–Crippen LogP) is 3.54. The van der Waals surface area contributed by atoms with Gasteiger partial charge in [-0.1, -0.05) is 12.1 Å². The number of methoxy groups -OCH3 is 1. The second-order valence-corrected chi connectivity index (χ2v) is 8.44. The molecule has 0 bridgehead atoms. The minimum absolute atomic E-state index is 0.241. The topological polar surface area (TPSA) is 97.0 Å². The van der Waals surface area contributed by atoms with Crippen LogP contribution in [0.4, 0.5) is 5.69 Å². The van der Waals surface area contributed by atoms with Crippen molar-refractivity contribution in [2.24, 2.45) is 0 Å². The first-order valence-corrected chi connectivity index (χ1v) is 10.4. The number of rotatable bonds is 6. The zero-order valence-corrected chi connectivity index (χ0v) is 17.5. The van der Waals surface area contributed by atoms with Crippen molar-refractivity contribution in [3.05, 3.63) is 70.5 Å². The van der Waals surface area contributed by atoms with E-state index in [4.69, 9.17) is 10.00 Å². The highest BCUT2D eigenvalue weighted by Crippen LogP contribution is 2.31. The average Bonchev–Trinajstić information content (AvgIpc) is 3.10. The van der Waals surface area contributed by atoms with Crippen LogP contribution in [0.3, 0.4) is 0 Å². The monoisotopic (exact) mass is 410 g/mol. The summed E-state index contributed by atoms with van der Waals surface area (Å²) in [6.45, 7) is 5.77. The van der Waals surface area contributed by atoms with E-state index in [-0.39, 0.29) is 4.90 Å². The minimum Gasteiger partial charge on any atom is -0.496 e. The van der Waals surface area contributed by atoms with E-state index in [9.17, 15) is 8.42 Å². The van der Waals surface area contributed by atoms with Gasteiger partial charge in [0.1, 0.15) is 5.75 Å². The summed E-state index contributed by atoms with van der Waals surface area (Å²) in [5.41, 5.74) is 3.88. The normalized spacial score (nSPS) is 11.1. The number of nitrogens with zero attached hydrogens (tertiary/aromatic N) is 3. The van der Waals surface area contributed by atoms with Crippen LogP contribution in [0.1, 0.15) is 27.8 Å². The molecule has 0 aliphatic heterocycles. The Morgan fingerprint density at radius 1 is 1.21 bits per heavy atom. The second kappa shape index (κ2) is 7.97. The van der Waals surface area contributed by atoms with Crippen LogP contribution < -0.4 is 9.46 Å². The summed E-state index contributed by atoms with van der Waals surface area (Å²) in [5, 5.41) is 13.2. The summed E-state index contributed by atoms with van der Waals surface area (Å²) in [6.07, 6.45) is 3.09. The molecule has 7 nitrogen and oxygen atoms in total. The van der Waals surface area contributed by atoms with Crippen LogP contribution in [-0.4, -0.2) is 25.3 Å². The highest BCUT2D eigenvalue weighted by atomic mass is 32.2. The molecule has 3 aromatic rings. The van der Waals surface area contributed by atoms with Crippen LogP contribution in [0, 0.1) is 32.1 Å². The molecule has 2 aromatic carbocycles. The first kappa shape index (κ1) is 20.4. The molecule has 0 unspecified atom stereocenters. The van der Waals surface area contributed by atoms with E-state index in [2.05, 4.69) is 15.9 Å². The standard InChI is InChI=1S/C21H22N4O3S/c1-14-8-20(28-4)15(2)16(3)21(14)29(26,27)24-19-11-23-25(13-19)12-18-7-5-6-17(9-18)10-22/h5-9,11,13,24H,12H2,1-4H3. The SMILES string of the molecule is COc1cc(C)c(S(=O)(=O)Nc2cnn(Cc3cccc(C#N)c3)c2)c(C)c1C. The van der Waals surface area contributed by atoms with E-state index < -0.39 is 10.0 Å². The molecular formula is C21H22N4O3S. The third kappa shape index (κ3) is 4.25. The molecule has 1 N–H and O–H groups in total. The van der Waals surface area contributed by atoms with Crippen molar-refractivity contribution in [3.63, 3.8) is 0 Å². The zero-order chi connectivity index (χ0) is 21.2. The molecule has 3 rings (SSSR count). The summed E-state index contributed by atoms with van der Waals surface area (Å²) >= 11 is 0. The summed E-state index contributed by atoms with van der Waals surface area (Å²) in [6, 6.07) is 11.0. The number of hydrogen-bond acceptors (Lipinski definition) is 5. The maximum absolute atomic E-state index is 13.0. The number of aromatic nitrogens is 2. The number of anilines is 1. The Kier molecular flexibility index (Phi) is 5.62. The van der Waals surface area contributed by atoms with Gasteiger partial charge in [-0.2, -0.15) is 10.4 Å². The molecule has 0 saturated carbocycles. The minimum atomic E-state index is -3.79. The van der Waals surface area contributed by atoms with Crippen molar-refractivity contribution in [1.82, 2.24) is 9.78 Å². The Morgan fingerprint density at radius 2 is 1.97 bits per heavy atom. The van der Waals surface area contributed by atoms with Gasteiger partial charge in [0.25, 0.3) is 10.0 Å². The molecule has 0 amide bonds. The van der Waals surface area contributed by atoms with Gasteiger partial charge in [0, 0.05) is 6.20 Å². The Labute approximate surface area is 170 Å². The number of nitrogens with one attached hydrogen (secondary N) is 1. The van der Waals surface area contributed by atoms with Gasteiger partial charge in [0.2, 0.25) is 0 Å². The fourth-order valence-electron chi connectivity index (χ4n) is 3.28. The van der Waals surface area contributed by atoms with Gasteiger partial charge in [0.15, 0.2) is 0 Å². The number of benzene rings is 2. The molecule has 0 radical (unpaired) electrons. The van der Waals surface area contributed by atoms with E-state index in [1.807, 2.05) is 13.0 Å². The number of sulfonamides is 1. The van der Waals surface area contributed by atoms with Gasteiger partial charge in [-0.05, 0) is 61.2 Å². The highest BCUT2D eigenvalue weighted by molar-refractivity contribution is 7.92. The molecular weight excluding hydrogens is 388 g/mol. The third-order valence-electron chi connectivity index (χ3n) is 4.75. The lowest BCUT2D eigenvalue weighted by Gasteiger charge is -2.16. The molecule has 0 aliphatic carbocycles. The Morgan fingerprint density at radius 3 is 2.66 bits per heavy atom. The van der Waals surface area contributed by atoms with Crippen LogP contribution >= 0.6 is 0 Å². The molecule has 0 saturated heterocycles. The fraction of sp³-hybridized carbons (Fsp3) is 0.238. The Bertz CT molecular complexity index is 1210. The molecule has 0 aliphatic rings. The lowest BCUT2D eigenvalue weighted by Crippen LogP contribution is -2.16. The van der Waals surface area contributed by atoms with Crippen molar-refractivity contribution >= 4 is 15.7 Å². The molecule has 0 fully saturated rings. The number of ether oxygens (including phenoxy) is 1. The molecule has 1 heterocycles. The van der Waals surface area contributed by atoms with Crippen LogP contribution in [0.25, 0.3) is 0 Å². The smallest absolute Gasteiger partial charge is 0.262 e. The van der Waals surface area contributed by atoms with Crippen molar-refractivity contribution in [2.75, 3.05) is 11.8 Å². The van der Waals surface area contributed by atoms with Gasteiger partial charge < -0.3 is 4.74 Å².